The van der Waals surface area contributed by atoms with Gasteiger partial charge in [-0.2, -0.15) is 0 Å². The van der Waals surface area contributed by atoms with Gasteiger partial charge in [0.2, 0.25) is 0 Å². The normalized spacial score (nSPS) is 10.3. The van der Waals surface area contributed by atoms with E-state index < -0.39 is 0 Å². The third-order valence-corrected chi connectivity index (χ3v) is 2.70. The van der Waals surface area contributed by atoms with Crippen molar-refractivity contribution in [1.82, 2.24) is 10.2 Å². The summed E-state index contributed by atoms with van der Waals surface area (Å²) in [5.41, 5.74) is 0. The molecule has 0 aromatic carbocycles. The number of rotatable bonds is 5. The fourth-order valence-corrected chi connectivity index (χ4v) is 1.84. The van der Waals surface area contributed by atoms with E-state index in [1.807, 2.05) is 0 Å². The van der Waals surface area contributed by atoms with Crippen LogP contribution in [-0.4, -0.2) is 42.2 Å². The average Bonchev–Trinajstić information content (AvgIpc) is 1.98. The van der Waals surface area contributed by atoms with Gasteiger partial charge in [-0.15, -0.1) is 0 Å². The number of nitrogens with zero attached hydrogens (tertiary/aromatic N) is 1. The summed E-state index contributed by atoms with van der Waals surface area (Å²) in [5.74, 6) is 1.12. The number of thiocarbonyl (C=S) groups is 1. The Hall–Kier alpha value is 0.200. The topological polar surface area (TPSA) is 15.3 Å². The van der Waals surface area contributed by atoms with E-state index in [9.17, 15) is 0 Å². The van der Waals surface area contributed by atoms with Crippen LogP contribution in [-0.2, 0) is 0 Å². The predicted octanol–water partition coefficient (Wildman–Crippen LogP) is 1.57. The first-order valence-electron chi connectivity index (χ1n) is 4.22. The van der Waals surface area contributed by atoms with Crippen molar-refractivity contribution >= 4 is 28.3 Å². The summed E-state index contributed by atoms with van der Waals surface area (Å²) in [6.45, 7) is 4.13. The quantitative estimate of drug-likeness (QED) is 0.542. The van der Waals surface area contributed by atoms with Gasteiger partial charge >= 0.3 is 0 Å². The Morgan fingerprint density at radius 3 is 2.67 bits per heavy atom. The van der Waals surface area contributed by atoms with E-state index in [2.05, 4.69) is 31.2 Å². The molecule has 0 aromatic heterocycles. The van der Waals surface area contributed by atoms with Crippen LogP contribution in [0.25, 0.3) is 0 Å². The molecule has 0 bridgehead atoms. The van der Waals surface area contributed by atoms with Crippen molar-refractivity contribution in [3.8, 4) is 0 Å². The van der Waals surface area contributed by atoms with Gasteiger partial charge in [0.25, 0.3) is 0 Å². The molecule has 0 unspecified atom stereocenters. The monoisotopic (exact) mass is 206 g/mol. The van der Waals surface area contributed by atoms with Crippen LogP contribution < -0.4 is 5.32 Å². The van der Waals surface area contributed by atoms with Crippen molar-refractivity contribution in [3.63, 3.8) is 0 Å². The maximum atomic E-state index is 5.07. The van der Waals surface area contributed by atoms with Crippen LogP contribution >= 0.6 is 24.0 Å². The molecule has 0 aliphatic heterocycles. The van der Waals surface area contributed by atoms with Gasteiger partial charge in [0.1, 0.15) is 4.32 Å². The van der Waals surface area contributed by atoms with Gasteiger partial charge < -0.3 is 10.2 Å². The van der Waals surface area contributed by atoms with Crippen molar-refractivity contribution < 1.29 is 0 Å². The van der Waals surface area contributed by atoms with Gasteiger partial charge in [-0.1, -0.05) is 24.0 Å². The molecule has 0 aliphatic carbocycles. The smallest absolute Gasteiger partial charge is 0.133 e. The van der Waals surface area contributed by atoms with E-state index in [1.165, 1.54) is 6.42 Å². The largest absolute Gasteiger partial charge is 0.371 e. The molecule has 0 saturated heterocycles. The van der Waals surface area contributed by atoms with Gasteiger partial charge in [0.15, 0.2) is 0 Å². The van der Waals surface area contributed by atoms with Crippen molar-refractivity contribution in [1.29, 1.82) is 0 Å². The minimum atomic E-state index is 0.927. The molecule has 0 spiro atoms. The van der Waals surface area contributed by atoms with Crippen LogP contribution in [0, 0.1) is 0 Å². The van der Waals surface area contributed by atoms with Crippen LogP contribution in [0.4, 0.5) is 0 Å². The highest BCUT2D eigenvalue weighted by atomic mass is 32.2. The van der Waals surface area contributed by atoms with E-state index in [0.717, 1.165) is 23.2 Å². The zero-order valence-corrected chi connectivity index (χ0v) is 9.73. The summed E-state index contributed by atoms with van der Waals surface area (Å²) in [6, 6.07) is 0. The number of hydrogen-bond acceptors (Lipinski definition) is 3. The molecular weight excluding hydrogens is 188 g/mol. The van der Waals surface area contributed by atoms with Gasteiger partial charge in [-0.25, -0.2) is 0 Å². The zero-order valence-electron chi connectivity index (χ0n) is 8.09. The Kier molecular flexibility index (Phi) is 7.96. The van der Waals surface area contributed by atoms with Crippen molar-refractivity contribution in [2.24, 2.45) is 0 Å². The molecule has 12 heavy (non-hydrogen) atoms. The van der Waals surface area contributed by atoms with Gasteiger partial charge in [0.05, 0.1) is 0 Å². The molecule has 0 saturated carbocycles. The van der Waals surface area contributed by atoms with Crippen molar-refractivity contribution in [2.75, 3.05) is 32.9 Å². The van der Waals surface area contributed by atoms with Crippen LogP contribution in [0.1, 0.15) is 13.3 Å². The highest BCUT2D eigenvalue weighted by Gasteiger charge is 1.95. The third kappa shape index (κ3) is 8.30. The molecule has 0 aromatic rings. The molecule has 0 atom stereocenters. The van der Waals surface area contributed by atoms with E-state index in [0.29, 0.717) is 0 Å². The Labute approximate surface area is 85.1 Å². The minimum absolute atomic E-state index is 0.927. The molecule has 0 radical (unpaired) electrons. The second kappa shape index (κ2) is 7.83. The molecule has 0 amide bonds. The second-order valence-corrected chi connectivity index (χ2v) is 4.59. The minimum Gasteiger partial charge on any atom is -0.371 e. The first-order chi connectivity index (χ1) is 5.66. The molecule has 0 heterocycles. The SMILES string of the molecule is CCNC(=S)SCCCN(C)C. The van der Waals surface area contributed by atoms with Crippen molar-refractivity contribution in [2.45, 2.75) is 13.3 Å². The van der Waals surface area contributed by atoms with Crippen molar-refractivity contribution in [3.05, 3.63) is 0 Å². The summed E-state index contributed by atoms with van der Waals surface area (Å²) < 4.78 is 0.927. The molecule has 4 heteroatoms. The fraction of sp³-hybridized carbons (Fsp3) is 0.875. The molecule has 72 valence electrons. The molecule has 2 nitrogen and oxygen atoms in total. The standard InChI is InChI=1S/C8H18N2S2/c1-4-9-8(11)12-7-5-6-10(2)3/h4-7H2,1-3H3,(H,9,11). The summed E-state index contributed by atoms with van der Waals surface area (Å²) in [7, 11) is 4.18. The maximum absolute atomic E-state index is 5.07. The molecule has 1 N–H and O–H groups in total. The second-order valence-electron chi connectivity index (χ2n) is 2.82. The molecule has 0 aliphatic rings. The Bertz CT molecular complexity index is 126. The Morgan fingerprint density at radius 1 is 1.50 bits per heavy atom. The maximum Gasteiger partial charge on any atom is 0.133 e. The van der Waals surface area contributed by atoms with E-state index in [-0.39, 0.29) is 0 Å². The number of hydrogen-bond donors (Lipinski definition) is 1. The van der Waals surface area contributed by atoms with Crippen LogP contribution in [0.5, 0.6) is 0 Å². The fourth-order valence-electron chi connectivity index (χ4n) is 0.741. The van der Waals surface area contributed by atoms with Gasteiger partial charge in [-0.3, -0.25) is 0 Å². The molecule has 0 fully saturated rings. The van der Waals surface area contributed by atoms with Gasteiger partial charge in [0, 0.05) is 12.3 Å². The number of nitrogens with one attached hydrogen (secondary N) is 1. The van der Waals surface area contributed by atoms with E-state index in [1.54, 1.807) is 11.8 Å². The first-order valence-corrected chi connectivity index (χ1v) is 5.61. The van der Waals surface area contributed by atoms with Gasteiger partial charge in [-0.05, 0) is 34.0 Å². The lowest BCUT2D eigenvalue weighted by Crippen LogP contribution is -2.18. The molecule has 0 rings (SSSR count). The lowest BCUT2D eigenvalue weighted by atomic mass is 10.5. The van der Waals surface area contributed by atoms with E-state index in [4.69, 9.17) is 12.2 Å². The summed E-state index contributed by atoms with van der Waals surface area (Å²) >= 11 is 6.81. The predicted molar refractivity (Wildman–Crippen MR) is 61.9 cm³/mol. The Balaban J connectivity index is 3.14. The average molecular weight is 206 g/mol. The highest BCUT2D eigenvalue weighted by Crippen LogP contribution is 2.03. The summed E-state index contributed by atoms with van der Waals surface area (Å²) in [6.07, 6.45) is 1.20. The summed E-state index contributed by atoms with van der Waals surface area (Å²) in [4.78, 5) is 2.19. The lowest BCUT2D eigenvalue weighted by molar-refractivity contribution is 0.410. The first kappa shape index (κ1) is 12.2. The third-order valence-electron chi connectivity index (χ3n) is 1.30. The van der Waals surface area contributed by atoms with Crippen LogP contribution in [0.15, 0.2) is 0 Å². The Morgan fingerprint density at radius 2 is 2.17 bits per heavy atom. The summed E-state index contributed by atoms with van der Waals surface area (Å²) in [5, 5.41) is 3.11. The van der Waals surface area contributed by atoms with Crippen LogP contribution in [0.3, 0.4) is 0 Å². The van der Waals surface area contributed by atoms with Crippen LogP contribution in [0.2, 0.25) is 0 Å². The number of thioether (sulfide) groups is 1. The lowest BCUT2D eigenvalue weighted by Gasteiger charge is -2.09. The highest BCUT2D eigenvalue weighted by molar-refractivity contribution is 8.22. The zero-order chi connectivity index (χ0) is 9.40. The van der Waals surface area contributed by atoms with E-state index >= 15 is 0 Å². The molecular formula is C8H18N2S2.